The van der Waals surface area contributed by atoms with Gasteiger partial charge in [-0.15, -0.1) is 23.4 Å². The number of terminal acetylenes is 1. The second-order valence-corrected chi connectivity index (χ2v) is 10.5. The fraction of sp³-hybridized carbons (Fsp3) is 0.333. The van der Waals surface area contributed by atoms with E-state index in [1.54, 1.807) is 17.8 Å². The predicted octanol–water partition coefficient (Wildman–Crippen LogP) is 3.48. The first-order valence-electron chi connectivity index (χ1n) is 13.1. The first kappa shape index (κ1) is 28.4. The molecule has 2 unspecified atom stereocenters. The van der Waals surface area contributed by atoms with Crippen molar-refractivity contribution < 1.29 is 14.6 Å². The molecule has 11 heteroatoms. The topological polar surface area (TPSA) is 112 Å². The highest BCUT2D eigenvalue weighted by Gasteiger charge is 2.44. The quantitative estimate of drug-likeness (QED) is 0.298. The Morgan fingerprint density at radius 1 is 1.15 bits per heavy atom. The van der Waals surface area contributed by atoms with Crippen molar-refractivity contribution in [1.29, 1.82) is 5.26 Å². The number of pyridine rings is 3. The maximum atomic E-state index is 10.2. The zero-order chi connectivity index (χ0) is 27.9. The molecule has 210 valence electrons. The first-order chi connectivity index (χ1) is 19.4. The summed E-state index contributed by atoms with van der Waals surface area (Å²) in [4.78, 5) is 14.0. The van der Waals surface area contributed by atoms with Crippen molar-refractivity contribution in [2.24, 2.45) is 0 Å². The van der Waals surface area contributed by atoms with Gasteiger partial charge in [0.15, 0.2) is 5.60 Å². The fourth-order valence-electron chi connectivity index (χ4n) is 5.44. The summed E-state index contributed by atoms with van der Waals surface area (Å²) in [5.74, 6) is 4.33. The molecule has 0 radical (unpaired) electrons. The number of hydrogen-bond acceptors (Lipinski definition) is 9. The molecule has 0 spiro atoms. The lowest BCUT2D eigenvalue weighted by Gasteiger charge is -2.56. The van der Waals surface area contributed by atoms with Crippen LogP contribution in [-0.4, -0.2) is 74.1 Å². The molecule has 3 fully saturated rings. The van der Waals surface area contributed by atoms with E-state index < -0.39 is 5.60 Å². The van der Waals surface area contributed by atoms with Crippen LogP contribution >= 0.6 is 17.0 Å². The Bertz CT molecular complexity index is 1610. The molecule has 7 heterocycles. The molecule has 4 aromatic heterocycles. The number of nitriles is 1. The van der Waals surface area contributed by atoms with Crippen molar-refractivity contribution in [2.45, 2.75) is 37.6 Å². The number of ether oxygens (including phenoxy) is 2. The summed E-state index contributed by atoms with van der Waals surface area (Å²) in [5.41, 5.74) is 2.47. The number of anilines is 1. The normalized spacial score (nSPS) is 19.3. The lowest BCUT2D eigenvalue weighted by molar-refractivity contribution is -0.00876. The second kappa shape index (κ2) is 11.4. The molecular weight excluding hydrogens is 586 g/mol. The van der Waals surface area contributed by atoms with Gasteiger partial charge >= 0.3 is 0 Å². The number of methoxy groups -OCH3 is 1. The zero-order valence-corrected chi connectivity index (χ0v) is 24.5. The average molecular weight is 617 g/mol. The maximum absolute atomic E-state index is 10.2. The number of fused-ring (bicyclic) bond motifs is 3. The largest absolute Gasteiger partial charge is 0.488 e. The van der Waals surface area contributed by atoms with Crippen molar-refractivity contribution in [3.05, 3.63) is 66.2 Å². The van der Waals surface area contributed by atoms with Crippen molar-refractivity contribution in [3.8, 4) is 41.2 Å². The van der Waals surface area contributed by atoms with E-state index >= 15 is 0 Å². The van der Waals surface area contributed by atoms with E-state index in [1.807, 2.05) is 36.7 Å². The molecule has 7 rings (SSSR count). The summed E-state index contributed by atoms with van der Waals surface area (Å²) in [5, 5.41) is 24.1. The van der Waals surface area contributed by atoms with Crippen LogP contribution < -0.4 is 14.4 Å². The maximum Gasteiger partial charge on any atom is 0.212 e. The van der Waals surface area contributed by atoms with E-state index in [4.69, 9.17) is 20.9 Å². The molecule has 3 saturated heterocycles. The van der Waals surface area contributed by atoms with Gasteiger partial charge in [-0.2, -0.15) is 10.4 Å². The lowest BCUT2D eigenvalue weighted by atomic mass is 9.87. The highest BCUT2D eigenvalue weighted by Crippen LogP contribution is 2.36. The first-order valence-corrected chi connectivity index (χ1v) is 13.1. The summed E-state index contributed by atoms with van der Waals surface area (Å²) in [7, 11) is 1.62. The van der Waals surface area contributed by atoms with Crippen molar-refractivity contribution >= 4 is 28.3 Å². The minimum Gasteiger partial charge on any atom is -0.488 e. The van der Waals surface area contributed by atoms with Crippen LogP contribution in [0.25, 0.3) is 16.6 Å². The molecule has 0 saturated carbocycles. The van der Waals surface area contributed by atoms with Crippen LogP contribution in [0.5, 0.6) is 11.6 Å². The van der Waals surface area contributed by atoms with Crippen LogP contribution in [0, 0.1) is 23.7 Å². The molecule has 3 aliphatic rings. The summed E-state index contributed by atoms with van der Waals surface area (Å²) in [6.07, 6.45) is 13.5. The summed E-state index contributed by atoms with van der Waals surface area (Å²) in [6.45, 7) is 4.13. The molecule has 41 heavy (non-hydrogen) atoms. The standard InChI is InChI=1S/C30H29N7O3.BrH/c1-4-30(2,38)19-40-25-10-26(29-22(11-31)14-34-37(29)18-25)21-6-7-27(32-13-21)35-16-23-9-24(17-35)36(23)15-20-5-8-28(39-3)33-12-20;/h1,5-8,10,12-14,18,23-24,38H,9,15-17,19H2,2-3H3;1H/t23?,24?,30-;/m1./s1. The number of aliphatic hydroxyl groups is 1. The van der Waals surface area contributed by atoms with Crippen LogP contribution in [0.4, 0.5) is 5.82 Å². The molecule has 3 atom stereocenters. The number of halogens is 1. The Kier molecular flexibility index (Phi) is 7.87. The zero-order valence-electron chi connectivity index (χ0n) is 22.8. The molecular formula is C30H30BrN7O3. The molecule has 0 amide bonds. The summed E-state index contributed by atoms with van der Waals surface area (Å²) < 4.78 is 12.6. The van der Waals surface area contributed by atoms with Crippen LogP contribution in [0.3, 0.4) is 0 Å². The van der Waals surface area contributed by atoms with E-state index in [0.717, 1.165) is 36.6 Å². The average Bonchev–Trinajstić information content (AvgIpc) is 3.42. The minimum absolute atomic E-state index is 0. The van der Waals surface area contributed by atoms with Gasteiger partial charge in [-0.05, 0) is 37.1 Å². The van der Waals surface area contributed by atoms with Crippen LogP contribution in [0.15, 0.2) is 55.1 Å². The number of hydrogen-bond donors (Lipinski definition) is 1. The van der Waals surface area contributed by atoms with Crippen LogP contribution in [-0.2, 0) is 6.54 Å². The molecule has 4 aromatic rings. The van der Waals surface area contributed by atoms with E-state index in [2.05, 4.69) is 37.9 Å². The Morgan fingerprint density at radius 3 is 2.59 bits per heavy atom. The molecule has 3 aliphatic heterocycles. The monoisotopic (exact) mass is 615 g/mol. The van der Waals surface area contributed by atoms with Crippen LogP contribution in [0.1, 0.15) is 24.5 Å². The van der Waals surface area contributed by atoms with Gasteiger partial charge in [0.2, 0.25) is 5.88 Å². The number of piperidine rings is 1. The fourth-order valence-corrected chi connectivity index (χ4v) is 5.44. The molecule has 0 aliphatic carbocycles. The summed E-state index contributed by atoms with van der Waals surface area (Å²) >= 11 is 0. The Labute approximate surface area is 248 Å². The number of aromatic nitrogens is 4. The van der Waals surface area contributed by atoms with Gasteiger partial charge in [0.05, 0.1) is 30.6 Å². The number of piperazine rings is 1. The SMILES string of the molecule is Br.C#C[C@@](C)(O)COc1cc(-c2ccc(N3CC4CC(C3)N4Cc3ccc(OC)nc3)nc2)c2c(C#N)cnn2c1. The Balaban J connectivity index is 0.00000337. The van der Waals surface area contributed by atoms with Gasteiger partial charge in [-0.25, -0.2) is 14.5 Å². The third kappa shape index (κ3) is 5.57. The molecule has 0 aromatic carbocycles. The highest BCUT2D eigenvalue weighted by molar-refractivity contribution is 8.93. The second-order valence-electron chi connectivity index (χ2n) is 10.5. The van der Waals surface area contributed by atoms with E-state index in [0.29, 0.717) is 34.8 Å². The van der Waals surface area contributed by atoms with Gasteiger partial charge < -0.3 is 19.5 Å². The van der Waals surface area contributed by atoms with Gasteiger partial charge in [0.25, 0.3) is 0 Å². The van der Waals surface area contributed by atoms with Gasteiger partial charge in [0.1, 0.15) is 24.2 Å². The van der Waals surface area contributed by atoms with E-state index in [9.17, 15) is 10.4 Å². The molecule has 2 bridgehead atoms. The highest BCUT2D eigenvalue weighted by atomic mass is 79.9. The predicted molar refractivity (Wildman–Crippen MR) is 159 cm³/mol. The Morgan fingerprint density at radius 2 is 1.95 bits per heavy atom. The van der Waals surface area contributed by atoms with Gasteiger partial charge in [-0.3, -0.25) is 4.90 Å². The van der Waals surface area contributed by atoms with Crippen LogP contribution in [0.2, 0.25) is 0 Å². The van der Waals surface area contributed by atoms with Gasteiger partial charge in [0, 0.05) is 61.3 Å². The lowest BCUT2D eigenvalue weighted by Crippen LogP contribution is -2.68. The number of nitrogens with zero attached hydrogens (tertiary/aromatic N) is 7. The van der Waals surface area contributed by atoms with Crippen molar-refractivity contribution in [1.82, 2.24) is 24.5 Å². The smallest absolute Gasteiger partial charge is 0.212 e. The third-order valence-corrected chi connectivity index (χ3v) is 7.64. The van der Waals surface area contributed by atoms with Crippen molar-refractivity contribution in [2.75, 3.05) is 31.7 Å². The third-order valence-electron chi connectivity index (χ3n) is 7.64. The van der Waals surface area contributed by atoms with E-state index in [-0.39, 0.29) is 23.6 Å². The number of rotatable bonds is 8. The molecule has 1 N–H and O–H groups in total. The van der Waals surface area contributed by atoms with Gasteiger partial charge in [-0.1, -0.05) is 12.0 Å². The minimum atomic E-state index is -1.41. The summed E-state index contributed by atoms with van der Waals surface area (Å²) in [6, 6.07) is 13.0. The van der Waals surface area contributed by atoms with Crippen molar-refractivity contribution in [3.63, 3.8) is 0 Å². The molecule has 10 nitrogen and oxygen atoms in total. The Hall–Kier alpha value is -4.16. The van der Waals surface area contributed by atoms with E-state index in [1.165, 1.54) is 25.1 Å².